The zero-order valence-electron chi connectivity index (χ0n) is 27.2. The molecule has 3 aromatic rings. The van der Waals surface area contributed by atoms with Gasteiger partial charge in [-0.15, -0.1) is 6.42 Å². The summed E-state index contributed by atoms with van der Waals surface area (Å²) < 4.78 is 5.51. The second-order valence-corrected chi connectivity index (χ2v) is 13.1. The molecule has 0 bridgehead atoms. The molecule has 2 atom stereocenters. The summed E-state index contributed by atoms with van der Waals surface area (Å²) in [6.45, 7) is 7.80. The van der Waals surface area contributed by atoms with Gasteiger partial charge in [0.2, 0.25) is 5.91 Å². The number of alkyl carbamates (subject to hydrolysis) is 1. The van der Waals surface area contributed by atoms with Crippen molar-refractivity contribution in [2.75, 3.05) is 23.9 Å². The minimum atomic E-state index is -1.03. The van der Waals surface area contributed by atoms with Gasteiger partial charge in [-0.25, -0.2) is 4.79 Å². The van der Waals surface area contributed by atoms with E-state index in [1.165, 1.54) is 0 Å². The Morgan fingerprint density at radius 2 is 1.64 bits per heavy atom. The highest BCUT2D eigenvalue weighted by atomic mass is 32.2. The standard InChI is InChI=1S/C37H47N3O4S/c1-7-9-10-11-16-24-40(35(42)32(23-25-45-6)39-36(43)44-37(3,4)5)33(31-20-15-14-17-27(31)8-2)34(41)38-30-22-21-28-18-12-13-19-29(28)26-30/h2,12-15,17-22,26,32-33H,7,9-11,16,23-25H2,1,3-6H3,(H,38,41)(H,39,43). The summed E-state index contributed by atoms with van der Waals surface area (Å²) >= 11 is 1.58. The van der Waals surface area contributed by atoms with E-state index in [2.05, 4.69) is 23.5 Å². The SMILES string of the molecule is C#Cc1ccccc1C(C(=O)Nc1ccc2ccccc2c1)N(CCCCCCC)C(=O)C(CCSC)NC(=O)OC(C)(C)C. The molecule has 3 aromatic carbocycles. The summed E-state index contributed by atoms with van der Waals surface area (Å²) in [6, 6.07) is 18.9. The van der Waals surface area contributed by atoms with E-state index < -0.39 is 23.8 Å². The van der Waals surface area contributed by atoms with Gasteiger partial charge in [0.15, 0.2) is 0 Å². The van der Waals surface area contributed by atoms with E-state index in [9.17, 15) is 14.4 Å². The Morgan fingerprint density at radius 3 is 2.33 bits per heavy atom. The van der Waals surface area contributed by atoms with Crippen molar-refractivity contribution in [2.24, 2.45) is 0 Å². The van der Waals surface area contributed by atoms with Crippen molar-refractivity contribution in [1.29, 1.82) is 0 Å². The van der Waals surface area contributed by atoms with Crippen LogP contribution in [0.5, 0.6) is 0 Å². The zero-order chi connectivity index (χ0) is 32.8. The number of rotatable bonds is 15. The van der Waals surface area contributed by atoms with Gasteiger partial charge in [0.05, 0.1) is 0 Å². The van der Waals surface area contributed by atoms with Crippen LogP contribution in [0.25, 0.3) is 10.8 Å². The molecular formula is C37H47N3O4S. The lowest BCUT2D eigenvalue weighted by Gasteiger charge is -2.35. The van der Waals surface area contributed by atoms with Crippen LogP contribution in [0, 0.1) is 12.3 Å². The van der Waals surface area contributed by atoms with Crippen LogP contribution in [0.1, 0.15) is 83.4 Å². The van der Waals surface area contributed by atoms with E-state index in [1.807, 2.05) is 60.9 Å². The van der Waals surface area contributed by atoms with Crippen LogP contribution in [-0.2, 0) is 14.3 Å². The van der Waals surface area contributed by atoms with E-state index in [0.29, 0.717) is 42.0 Å². The number of ether oxygens (including phenoxy) is 1. The highest BCUT2D eigenvalue weighted by Crippen LogP contribution is 2.29. The van der Waals surface area contributed by atoms with Crippen LogP contribution in [0.15, 0.2) is 66.7 Å². The molecule has 0 saturated carbocycles. The van der Waals surface area contributed by atoms with Gasteiger partial charge in [0.25, 0.3) is 5.91 Å². The van der Waals surface area contributed by atoms with Crippen molar-refractivity contribution in [3.63, 3.8) is 0 Å². The molecule has 0 fully saturated rings. The third-order valence-corrected chi connectivity index (χ3v) is 8.02. The lowest BCUT2D eigenvalue weighted by molar-refractivity contribution is -0.141. The van der Waals surface area contributed by atoms with Crippen LogP contribution in [0.3, 0.4) is 0 Å². The van der Waals surface area contributed by atoms with Crippen molar-refractivity contribution in [1.82, 2.24) is 10.2 Å². The number of terminal acetylenes is 1. The molecule has 3 amide bonds. The molecule has 0 aromatic heterocycles. The molecule has 0 heterocycles. The van der Waals surface area contributed by atoms with Gasteiger partial charge in [-0.1, -0.05) is 87.1 Å². The molecule has 0 aliphatic carbocycles. The fraction of sp³-hybridized carbons (Fsp3) is 0.432. The number of thioether (sulfide) groups is 1. The van der Waals surface area contributed by atoms with Crippen molar-refractivity contribution < 1.29 is 19.1 Å². The summed E-state index contributed by atoms with van der Waals surface area (Å²) in [7, 11) is 0. The predicted octanol–water partition coefficient (Wildman–Crippen LogP) is 7.95. The number of nitrogens with zero attached hydrogens (tertiary/aromatic N) is 1. The maximum atomic E-state index is 14.5. The Bertz CT molecular complexity index is 1480. The Kier molecular flexibility index (Phi) is 13.8. The maximum absolute atomic E-state index is 14.5. The summed E-state index contributed by atoms with van der Waals surface area (Å²) in [4.78, 5) is 43.4. The highest BCUT2D eigenvalue weighted by Gasteiger charge is 2.37. The molecule has 0 spiro atoms. The summed E-state index contributed by atoms with van der Waals surface area (Å²) in [5.41, 5.74) is 0.967. The van der Waals surface area contributed by atoms with Crippen molar-refractivity contribution >= 4 is 46.1 Å². The maximum Gasteiger partial charge on any atom is 0.408 e. The van der Waals surface area contributed by atoms with Gasteiger partial charge in [-0.2, -0.15) is 11.8 Å². The zero-order valence-corrected chi connectivity index (χ0v) is 28.0. The Hall–Kier alpha value is -3.96. The van der Waals surface area contributed by atoms with Crippen LogP contribution in [-0.4, -0.2) is 53.0 Å². The number of benzene rings is 3. The van der Waals surface area contributed by atoms with Gasteiger partial charge in [-0.05, 0) is 80.2 Å². The quantitative estimate of drug-likeness (QED) is 0.132. The highest BCUT2D eigenvalue weighted by molar-refractivity contribution is 7.98. The molecule has 2 N–H and O–H groups in total. The van der Waals surface area contributed by atoms with E-state index in [1.54, 1.807) is 49.6 Å². The van der Waals surface area contributed by atoms with Crippen LogP contribution >= 0.6 is 11.8 Å². The van der Waals surface area contributed by atoms with Gasteiger partial charge in [-0.3, -0.25) is 9.59 Å². The Balaban J connectivity index is 2.06. The molecule has 0 saturated heterocycles. The average Bonchev–Trinajstić information content (AvgIpc) is 3.01. The number of carbonyl (C=O) groups is 3. The lowest BCUT2D eigenvalue weighted by Crippen LogP contribution is -2.53. The first-order valence-corrected chi connectivity index (χ1v) is 17.1. The number of nitrogens with one attached hydrogen (secondary N) is 2. The van der Waals surface area contributed by atoms with Crippen molar-refractivity contribution in [3.05, 3.63) is 77.9 Å². The number of anilines is 1. The molecule has 240 valence electrons. The first-order valence-electron chi connectivity index (χ1n) is 15.7. The van der Waals surface area contributed by atoms with Gasteiger partial charge >= 0.3 is 6.09 Å². The van der Waals surface area contributed by atoms with Crippen molar-refractivity contribution in [3.8, 4) is 12.3 Å². The second kappa shape index (κ2) is 17.5. The molecule has 3 rings (SSSR count). The number of unbranched alkanes of at least 4 members (excludes halogenated alkanes) is 4. The first kappa shape index (κ1) is 35.5. The molecule has 2 unspecified atom stereocenters. The third-order valence-electron chi connectivity index (χ3n) is 7.37. The molecule has 0 aliphatic rings. The van der Waals surface area contributed by atoms with E-state index in [4.69, 9.17) is 11.2 Å². The number of hydrogen-bond donors (Lipinski definition) is 2. The Labute approximate surface area is 272 Å². The fourth-order valence-corrected chi connectivity index (χ4v) is 5.66. The average molecular weight is 630 g/mol. The number of hydrogen-bond acceptors (Lipinski definition) is 5. The van der Waals surface area contributed by atoms with Crippen LogP contribution < -0.4 is 10.6 Å². The number of fused-ring (bicyclic) bond motifs is 1. The number of carbonyl (C=O) groups excluding carboxylic acids is 3. The molecular weight excluding hydrogens is 582 g/mol. The van der Waals surface area contributed by atoms with Crippen LogP contribution in [0.4, 0.5) is 10.5 Å². The van der Waals surface area contributed by atoms with E-state index in [0.717, 1.165) is 36.5 Å². The lowest BCUT2D eigenvalue weighted by atomic mass is 9.96. The molecule has 45 heavy (non-hydrogen) atoms. The molecule has 0 aliphatic heterocycles. The summed E-state index contributed by atoms with van der Waals surface area (Å²) in [5.74, 6) is 2.61. The third kappa shape index (κ3) is 10.9. The van der Waals surface area contributed by atoms with E-state index in [-0.39, 0.29) is 11.8 Å². The van der Waals surface area contributed by atoms with Crippen LogP contribution in [0.2, 0.25) is 0 Å². The second-order valence-electron chi connectivity index (χ2n) is 12.1. The summed E-state index contributed by atoms with van der Waals surface area (Å²) in [5, 5.41) is 7.91. The largest absolute Gasteiger partial charge is 0.444 e. The Morgan fingerprint density at radius 1 is 0.956 bits per heavy atom. The smallest absolute Gasteiger partial charge is 0.408 e. The topological polar surface area (TPSA) is 87.7 Å². The normalized spacial score (nSPS) is 12.5. The monoisotopic (exact) mass is 629 g/mol. The van der Waals surface area contributed by atoms with E-state index >= 15 is 0 Å². The fourth-order valence-electron chi connectivity index (χ4n) is 5.19. The molecule has 8 heteroatoms. The molecule has 0 radical (unpaired) electrons. The van der Waals surface area contributed by atoms with Crippen molar-refractivity contribution in [2.45, 2.75) is 83.9 Å². The summed E-state index contributed by atoms with van der Waals surface area (Å²) in [6.07, 6.45) is 12.4. The number of amides is 3. The minimum Gasteiger partial charge on any atom is -0.444 e. The van der Waals surface area contributed by atoms with Gasteiger partial charge < -0.3 is 20.3 Å². The van der Waals surface area contributed by atoms with Gasteiger partial charge in [0, 0.05) is 17.8 Å². The predicted molar refractivity (Wildman–Crippen MR) is 186 cm³/mol. The first-order chi connectivity index (χ1) is 21.6. The minimum absolute atomic E-state index is 0.322. The van der Waals surface area contributed by atoms with Gasteiger partial charge in [0.1, 0.15) is 17.7 Å². The molecule has 7 nitrogen and oxygen atoms in total.